The first-order valence-corrected chi connectivity index (χ1v) is 9.63. The van der Waals surface area contributed by atoms with Crippen LogP contribution < -0.4 is 10.2 Å². The van der Waals surface area contributed by atoms with Gasteiger partial charge in [0.2, 0.25) is 0 Å². The summed E-state index contributed by atoms with van der Waals surface area (Å²) in [5, 5.41) is 2.87. The number of carbonyl (C=O) groups excluding carboxylic acids is 2. The average Bonchev–Trinajstić information content (AvgIpc) is 2.70. The van der Waals surface area contributed by atoms with E-state index in [0.717, 1.165) is 24.2 Å². The standard InChI is InChI=1S/C21H22FN3O4/c1-13(23-20(26)14-4-6-15(22)7-5-14)17-8-9-19-18(24-17)3-2-10-25(19)21(27)29-16-11-28-12-16/h4-9,13,16H,2-3,10-12H2,1H3,(H,23,26). The van der Waals surface area contributed by atoms with Crippen LogP contribution in [0.4, 0.5) is 14.9 Å². The van der Waals surface area contributed by atoms with E-state index >= 15 is 0 Å². The van der Waals surface area contributed by atoms with Gasteiger partial charge in [0, 0.05) is 12.1 Å². The van der Waals surface area contributed by atoms with Crippen molar-refractivity contribution >= 4 is 17.7 Å². The minimum atomic E-state index is -0.390. The van der Waals surface area contributed by atoms with E-state index in [1.54, 1.807) is 11.0 Å². The normalized spacial score (nSPS) is 17.1. The number of ether oxygens (including phenoxy) is 2. The van der Waals surface area contributed by atoms with Crippen molar-refractivity contribution in [1.82, 2.24) is 10.3 Å². The SMILES string of the molecule is CC(NC(=O)c1ccc(F)cc1)c1ccc2c(n1)CCCN2C(=O)OC1COC1. The number of benzene rings is 1. The lowest BCUT2D eigenvalue weighted by Gasteiger charge is -2.32. The van der Waals surface area contributed by atoms with Gasteiger partial charge < -0.3 is 14.8 Å². The van der Waals surface area contributed by atoms with Gasteiger partial charge in [-0.15, -0.1) is 0 Å². The van der Waals surface area contributed by atoms with Gasteiger partial charge in [0.25, 0.3) is 5.91 Å². The number of fused-ring (bicyclic) bond motifs is 1. The van der Waals surface area contributed by atoms with Crippen LogP contribution in [-0.2, 0) is 15.9 Å². The Hall–Kier alpha value is -3.00. The van der Waals surface area contributed by atoms with Crippen molar-refractivity contribution < 1.29 is 23.5 Å². The maximum atomic E-state index is 13.0. The monoisotopic (exact) mass is 399 g/mol. The van der Waals surface area contributed by atoms with Gasteiger partial charge in [0.05, 0.1) is 36.3 Å². The second kappa shape index (κ2) is 8.16. The fraction of sp³-hybridized carbons (Fsp3) is 0.381. The quantitative estimate of drug-likeness (QED) is 0.855. The second-order valence-corrected chi connectivity index (χ2v) is 7.20. The molecule has 1 N–H and O–H groups in total. The maximum absolute atomic E-state index is 13.0. The highest BCUT2D eigenvalue weighted by Gasteiger charge is 2.30. The van der Waals surface area contributed by atoms with Crippen LogP contribution in [0.2, 0.25) is 0 Å². The molecular weight excluding hydrogens is 377 g/mol. The van der Waals surface area contributed by atoms with Crippen LogP contribution in [0.3, 0.4) is 0 Å². The van der Waals surface area contributed by atoms with Crippen molar-refractivity contribution in [1.29, 1.82) is 0 Å². The summed E-state index contributed by atoms with van der Waals surface area (Å²) in [5.41, 5.74) is 2.62. The number of aryl methyl sites for hydroxylation is 1. The number of rotatable bonds is 4. The van der Waals surface area contributed by atoms with Crippen LogP contribution in [0, 0.1) is 5.82 Å². The molecule has 152 valence electrons. The predicted octanol–water partition coefficient (Wildman–Crippen LogP) is 3.00. The molecule has 8 heteroatoms. The molecule has 0 radical (unpaired) electrons. The Morgan fingerprint density at radius 3 is 2.69 bits per heavy atom. The van der Waals surface area contributed by atoms with Crippen molar-refractivity contribution in [2.24, 2.45) is 0 Å². The molecule has 2 aliphatic rings. The van der Waals surface area contributed by atoms with Crippen molar-refractivity contribution in [2.45, 2.75) is 31.9 Å². The van der Waals surface area contributed by atoms with Crippen LogP contribution in [0.25, 0.3) is 0 Å². The zero-order chi connectivity index (χ0) is 20.4. The van der Waals surface area contributed by atoms with E-state index in [2.05, 4.69) is 10.3 Å². The van der Waals surface area contributed by atoms with Gasteiger partial charge in [0.1, 0.15) is 5.82 Å². The van der Waals surface area contributed by atoms with Crippen LogP contribution >= 0.6 is 0 Å². The van der Waals surface area contributed by atoms with Gasteiger partial charge in [-0.25, -0.2) is 9.18 Å². The van der Waals surface area contributed by atoms with Crippen LogP contribution in [0.15, 0.2) is 36.4 Å². The van der Waals surface area contributed by atoms with Gasteiger partial charge in [-0.05, 0) is 56.2 Å². The summed E-state index contributed by atoms with van der Waals surface area (Å²) in [6.45, 7) is 3.29. The second-order valence-electron chi connectivity index (χ2n) is 7.20. The largest absolute Gasteiger partial charge is 0.441 e. The van der Waals surface area contributed by atoms with Gasteiger partial charge >= 0.3 is 6.09 Å². The number of nitrogens with zero attached hydrogens (tertiary/aromatic N) is 2. The summed E-state index contributed by atoms with van der Waals surface area (Å²) < 4.78 is 23.5. The molecule has 1 aromatic carbocycles. The highest BCUT2D eigenvalue weighted by molar-refractivity contribution is 5.94. The fourth-order valence-corrected chi connectivity index (χ4v) is 3.34. The Labute approximate surface area is 167 Å². The third-order valence-corrected chi connectivity index (χ3v) is 5.05. The van der Waals surface area contributed by atoms with E-state index in [0.29, 0.717) is 31.0 Å². The average molecular weight is 399 g/mol. The summed E-state index contributed by atoms with van der Waals surface area (Å²) in [5.74, 6) is -0.691. The van der Waals surface area contributed by atoms with Crippen molar-refractivity contribution in [3.8, 4) is 0 Å². The van der Waals surface area contributed by atoms with Gasteiger partial charge in [-0.2, -0.15) is 0 Å². The highest BCUT2D eigenvalue weighted by Crippen LogP contribution is 2.28. The number of halogens is 1. The Morgan fingerprint density at radius 2 is 2.00 bits per heavy atom. The number of pyridine rings is 1. The minimum absolute atomic E-state index is 0.179. The van der Waals surface area contributed by atoms with E-state index in [4.69, 9.17) is 9.47 Å². The summed E-state index contributed by atoms with van der Waals surface area (Å²) in [4.78, 5) is 31.1. The summed E-state index contributed by atoms with van der Waals surface area (Å²) in [7, 11) is 0. The first-order valence-electron chi connectivity index (χ1n) is 9.63. The van der Waals surface area contributed by atoms with Gasteiger partial charge in [0.15, 0.2) is 6.10 Å². The molecule has 0 saturated carbocycles. The zero-order valence-electron chi connectivity index (χ0n) is 16.1. The fourth-order valence-electron chi connectivity index (χ4n) is 3.34. The molecule has 0 aliphatic carbocycles. The molecule has 7 nitrogen and oxygen atoms in total. The lowest BCUT2D eigenvalue weighted by molar-refractivity contribution is -0.0965. The first-order chi connectivity index (χ1) is 14.0. The summed E-state index contributed by atoms with van der Waals surface area (Å²) in [6.07, 6.45) is 0.974. The van der Waals surface area contributed by atoms with Crippen LogP contribution in [0.1, 0.15) is 41.1 Å². The number of aromatic nitrogens is 1. The van der Waals surface area contributed by atoms with Gasteiger partial charge in [-0.3, -0.25) is 14.7 Å². The number of anilines is 1. The predicted molar refractivity (Wildman–Crippen MR) is 103 cm³/mol. The van der Waals surface area contributed by atoms with E-state index in [1.807, 2.05) is 13.0 Å². The molecule has 3 heterocycles. The molecular formula is C21H22FN3O4. The minimum Gasteiger partial charge on any atom is -0.441 e. The Bertz CT molecular complexity index is 915. The molecule has 1 atom stereocenters. The molecule has 4 rings (SSSR count). The molecule has 1 fully saturated rings. The number of nitrogens with one attached hydrogen (secondary N) is 1. The molecule has 1 saturated heterocycles. The topological polar surface area (TPSA) is 80.8 Å². The molecule has 1 unspecified atom stereocenters. The zero-order valence-corrected chi connectivity index (χ0v) is 16.1. The summed E-state index contributed by atoms with van der Waals surface area (Å²) >= 11 is 0. The van der Waals surface area contributed by atoms with E-state index in [-0.39, 0.29) is 30.0 Å². The molecule has 0 spiro atoms. The smallest absolute Gasteiger partial charge is 0.414 e. The van der Waals surface area contributed by atoms with E-state index in [9.17, 15) is 14.0 Å². The number of hydrogen-bond acceptors (Lipinski definition) is 5. The third-order valence-electron chi connectivity index (χ3n) is 5.05. The first kappa shape index (κ1) is 19.3. The number of amides is 2. The van der Waals surface area contributed by atoms with Crippen molar-refractivity contribution in [3.05, 3.63) is 59.2 Å². The number of carbonyl (C=O) groups is 2. The molecule has 1 aromatic heterocycles. The Kier molecular flexibility index (Phi) is 5.44. The van der Waals surface area contributed by atoms with E-state index in [1.165, 1.54) is 24.3 Å². The van der Waals surface area contributed by atoms with Crippen LogP contribution in [-0.4, -0.2) is 42.8 Å². The lowest BCUT2D eigenvalue weighted by atomic mass is 10.1. The van der Waals surface area contributed by atoms with Crippen molar-refractivity contribution in [2.75, 3.05) is 24.7 Å². The Morgan fingerprint density at radius 1 is 1.24 bits per heavy atom. The third kappa shape index (κ3) is 4.22. The molecule has 29 heavy (non-hydrogen) atoms. The van der Waals surface area contributed by atoms with E-state index < -0.39 is 0 Å². The summed E-state index contributed by atoms with van der Waals surface area (Å²) in [6, 6.07) is 8.68. The molecule has 2 aromatic rings. The highest BCUT2D eigenvalue weighted by atomic mass is 19.1. The molecule has 2 aliphatic heterocycles. The molecule has 2 amide bonds. The number of hydrogen-bond donors (Lipinski definition) is 1. The Balaban J connectivity index is 1.46. The van der Waals surface area contributed by atoms with Crippen molar-refractivity contribution in [3.63, 3.8) is 0 Å². The molecule has 0 bridgehead atoms. The maximum Gasteiger partial charge on any atom is 0.414 e. The van der Waals surface area contributed by atoms with Crippen LogP contribution in [0.5, 0.6) is 0 Å². The lowest BCUT2D eigenvalue weighted by Crippen LogP contribution is -2.44. The van der Waals surface area contributed by atoms with Gasteiger partial charge in [-0.1, -0.05) is 0 Å².